The van der Waals surface area contributed by atoms with Gasteiger partial charge >= 0.3 is 141 Å². The van der Waals surface area contributed by atoms with Gasteiger partial charge < -0.3 is 0 Å². The summed E-state index contributed by atoms with van der Waals surface area (Å²) in [6.45, 7) is 2.07. The molecule has 2 aromatic rings. The molecule has 0 fully saturated rings. The van der Waals surface area contributed by atoms with Crippen molar-refractivity contribution >= 4 is 29.8 Å². The zero-order valence-corrected chi connectivity index (χ0v) is 16.9. The van der Waals surface area contributed by atoms with E-state index in [9.17, 15) is 0 Å². The number of rotatable bonds is 6. The summed E-state index contributed by atoms with van der Waals surface area (Å²) in [5, 5.41) is 0. The summed E-state index contributed by atoms with van der Waals surface area (Å²) in [6.07, 6.45) is 0. The molecule has 0 bridgehead atoms. The van der Waals surface area contributed by atoms with Crippen LogP contribution in [0.4, 0.5) is 0 Å². The zero-order chi connectivity index (χ0) is 15.2. The van der Waals surface area contributed by atoms with Crippen molar-refractivity contribution in [1.82, 2.24) is 9.80 Å². The van der Waals surface area contributed by atoms with E-state index < -0.39 is 23.2 Å². The molecule has 0 aliphatic carbocycles. The molecule has 0 spiro atoms. The second-order valence-electron chi connectivity index (χ2n) is 5.84. The van der Waals surface area contributed by atoms with Gasteiger partial charge in [-0.05, 0) is 0 Å². The van der Waals surface area contributed by atoms with Gasteiger partial charge in [0, 0.05) is 0 Å². The number of nitrogens with zero attached hydrogens (tertiary/aromatic N) is 2. The van der Waals surface area contributed by atoms with Gasteiger partial charge in [-0.3, -0.25) is 0 Å². The summed E-state index contributed by atoms with van der Waals surface area (Å²) in [4.78, 5) is 4.51. The van der Waals surface area contributed by atoms with Gasteiger partial charge in [-0.2, -0.15) is 0 Å². The van der Waals surface area contributed by atoms with Crippen LogP contribution >= 0.6 is 0 Å². The van der Waals surface area contributed by atoms with Gasteiger partial charge in [0.25, 0.3) is 0 Å². The van der Waals surface area contributed by atoms with Gasteiger partial charge in [-0.15, -0.1) is 0 Å². The summed E-state index contributed by atoms with van der Waals surface area (Å²) in [5.74, 6) is 0. The van der Waals surface area contributed by atoms with Crippen LogP contribution < -0.4 is 6.54 Å². The Morgan fingerprint density at radius 2 is 1.05 bits per heavy atom. The van der Waals surface area contributed by atoms with E-state index in [0.29, 0.717) is 0 Å². The third kappa shape index (κ3) is 5.18. The predicted molar refractivity (Wildman–Crippen MR) is 92.7 cm³/mol. The Hall–Kier alpha value is -0.757. The molecule has 3 heteroatoms. The molecule has 0 amide bonds. The van der Waals surface area contributed by atoms with Crippen LogP contribution in [0.5, 0.6) is 0 Å². The maximum absolute atomic E-state index is 2.34. The van der Waals surface area contributed by atoms with Gasteiger partial charge in [0.05, 0.1) is 0 Å². The van der Waals surface area contributed by atoms with Crippen molar-refractivity contribution in [1.29, 1.82) is 0 Å². The maximum atomic E-state index is 2.34. The van der Waals surface area contributed by atoms with Crippen molar-refractivity contribution < 1.29 is 0 Å². The van der Waals surface area contributed by atoms with Gasteiger partial charge in [-0.1, -0.05) is 0 Å². The fraction of sp³-hybridized carbons (Fsp3) is 0.333. The molecular weight excluding hydrogens is 453 g/mol. The molecule has 0 aromatic heterocycles. The van der Waals surface area contributed by atoms with E-state index in [2.05, 4.69) is 86.5 Å². The Bertz CT molecular complexity index is 527. The van der Waals surface area contributed by atoms with E-state index in [1.807, 2.05) is 0 Å². The monoisotopic (exact) mass is 477 g/mol. The van der Waals surface area contributed by atoms with E-state index in [4.69, 9.17) is 0 Å². The van der Waals surface area contributed by atoms with Gasteiger partial charge in [0.15, 0.2) is 0 Å². The molecule has 0 aliphatic heterocycles. The molecule has 0 saturated heterocycles. The van der Waals surface area contributed by atoms with Crippen molar-refractivity contribution in [3.05, 3.63) is 59.7 Å². The number of hydrogen-bond donors (Lipinski definition) is 0. The van der Waals surface area contributed by atoms with Gasteiger partial charge in [0.2, 0.25) is 0 Å². The molecule has 0 aliphatic rings. The Morgan fingerprint density at radius 1 is 0.667 bits per heavy atom. The summed E-state index contributed by atoms with van der Waals surface area (Å²) in [7, 11) is 8.57. The normalized spacial score (nSPS) is 11.3. The fourth-order valence-electron chi connectivity index (χ4n) is 2.32. The first-order chi connectivity index (χ1) is 10.1. The molecule has 0 atom stereocenters. The average Bonchev–Trinajstić information content (AvgIpc) is 2.42. The van der Waals surface area contributed by atoms with Crippen LogP contribution in [0.2, 0.25) is 0 Å². The topological polar surface area (TPSA) is 6.48 Å². The third-order valence-electron chi connectivity index (χ3n) is 3.20. The van der Waals surface area contributed by atoms with E-state index in [-0.39, 0.29) is 0 Å². The Kier molecular flexibility index (Phi) is 6.35. The van der Waals surface area contributed by atoms with Crippen LogP contribution in [-0.4, -0.2) is 61.2 Å². The minimum atomic E-state index is -0.863. The molecule has 2 rings (SSSR count). The molecular formula is C18H24BiN2. The Labute approximate surface area is 140 Å². The minimum absolute atomic E-state index is 0.863. The van der Waals surface area contributed by atoms with E-state index in [1.165, 1.54) is 11.1 Å². The standard InChI is InChI=1S/2C9H12N.Bi/c2*1-10(2)8-9-6-4-3-5-7-9;/h2*3-6H,8H2,1-2H3;. The van der Waals surface area contributed by atoms with Crippen molar-refractivity contribution in [3.8, 4) is 0 Å². The Balaban J connectivity index is 2.26. The molecule has 21 heavy (non-hydrogen) atoms. The summed E-state index contributed by atoms with van der Waals surface area (Å²) in [6, 6.07) is 17.9. The first kappa shape index (κ1) is 16.6. The van der Waals surface area contributed by atoms with Gasteiger partial charge in [0.1, 0.15) is 0 Å². The first-order valence-electron chi connectivity index (χ1n) is 7.23. The molecule has 2 nitrogen and oxygen atoms in total. The quantitative estimate of drug-likeness (QED) is 0.582. The molecule has 1 radical (unpaired) electrons. The van der Waals surface area contributed by atoms with E-state index in [0.717, 1.165) is 13.1 Å². The van der Waals surface area contributed by atoms with Crippen molar-refractivity contribution in [2.45, 2.75) is 13.1 Å². The van der Waals surface area contributed by atoms with Crippen molar-refractivity contribution in [2.24, 2.45) is 0 Å². The second-order valence-corrected chi connectivity index (χ2v) is 10.5. The van der Waals surface area contributed by atoms with E-state index >= 15 is 0 Å². The number of hydrogen-bond acceptors (Lipinski definition) is 2. The van der Waals surface area contributed by atoms with Crippen LogP contribution in [0, 0.1) is 0 Å². The van der Waals surface area contributed by atoms with Crippen molar-refractivity contribution in [2.75, 3.05) is 28.2 Å². The molecule has 0 N–H and O–H groups in total. The second kappa shape index (κ2) is 8.03. The summed E-state index contributed by atoms with van der Waals surface area (Å²) in [5.41, 5.74) is 3.00. The molecule has 0 unspecified atom stereocenters. The van der Waals surface area contributed by atoms with Crippen molar-refractivity contribution in [3.63, 3.8) is 0 Å². The first-order valence-corrected chi connectivity index (χ1v) is 10.7. The van der Waals surface area contributed by atoms with Crippen LogP contribution in [-0.2, 0) is 13.1 Å². The molecule has 0 saturated carbocycles. The van der Waals surface area contributed by atoms with Gasteiger partial charge in [-0.25, -0.2) is 0 Å². The van der Waals surface area contributed by atoms with Crippen LogP contribution in [0.3, 0.4) is 0 Å². The van der Waals surface area contributed by atoms with Crippen LogP contribution in [0.1, 0.15) is 11.1 Å². The number of benzene rings is 2. The van der Waals surface area contributed by atoms with Crippen LogP contribution in [0.15, 0.2) is 48.5 Å². The average molecular weight is 477 g/mol. The molecule has 0 heterocycles. The fourth-order valence-corrected chi connectivity index (χ4v) is 6.82. The summed E-state index contributed by atoms with van der Waals surface area (Å²) < 4.78 is 3.22. The molecule has 111 valence electrons. The van der Waals surface area contributed by atoms with Crippen LogP contribution in [0.25, 0.3) is 0 Å². The third-order valence-corrected chi connectivity index (χ3v) is 8.46. The Morgan fingerprint density at radius 3 is 1.43 bits per heavy atom. The zero-order valence-electron chi connectivity index (χ0n) is 13.4. The SMILES string of the molecule is CN(C)Cc1cccc[c]1[Bi][c]1ccccc1CN(C)C. The summed E-state index contributed by atoms with van der Waals surface area (Å²) >= 11 is -0.863. The van der Waals surface area contributed by atoms with E-state index in [1.54, 1.807) is 6.54 Å². The molecule has 2 aromatic carbocycles. The predicted octanol–water partition coefficient (Wildman–Crippen LogP) is 1.46.